The molecule has 2 N–H and O–H groups in total. The van der Waals surface area contributed by atoms with Crippen molar-refractivity contribution in [3.63, 3.8) is 0 Å². The molecule has 4 heteroatoms. The first-order valence-electron chi connectivity index (χ1n) is 6.25. The van der Waals surface area contributed by atoms with Crippen LogP contribution in [0, 0.1) is 18.8 Å². The molecule has 0 aromatic heterocycles. The van der Waals surface area contributed by atoms with Gasteiger partial charge < -0.3 is 15.2 Å². The van der Waals surface area contributed by atoms with Crippen LogP contribution >= 0.6 is 0 Å². The maximum atomic E-state index is 11.6. The Morgan fingerprint density at radius 1 is 1.47 bits per heavy atom. The van der Waals surface area contributed by atoms with Gasteiger partial charge in [-0.15, -0.1) is 0 Å². The molecule has 1 rings (SSSR count). The molecular weight excluding hydrogens is 242 g/mol. The lowest BCUT2D eigenvalue weighted by molar-refractivity contribution is -0.120. The zero-order valence-corrected chi connectivity index (χ0v) is 11.3. The Morgan fingerprint density at radius 3 is 2.89 bits per heavy atom. The molecular formula is C15H19NO3. The van der Waals surface area contributed by atoms with Crippen LogP contribution in [-0.4, -0.2) is 30.8 Å². The topological polar surface area (TPSA) is 58.6 Å². The van der Waals surface area contributed by atoms with Crippen molar-refractivity contribution < 1.29 is 14.6 Å². The fourth-order valence-corrected chi connectivity index (χ4v) is 1.52. The van der Waals surface area contributed by atoms with Crippen LogP contribution in [0.2, 0.25) is 0 Å². The Kier molecular flexibility index (Phi) is 6.65. The third kappa shape index (κ3) is 5.56. The second-order valence-electron chi connectivity index (χ2n) is 4.09. The summed E-state index contributed by atoms with van der Waals surface area (Å²) in [5.41, 5.74) is 2.49. The predicted molar refractivity (Wildman–Crippen MR) is 74.9 cm³/mol. The molecule has 0 unspecified atom stereocenters. The van der Waals surface area contributed by atoms with Gasteiger partial charge in [0.1, 0.15) is 13.2 Å². The highest BCUT2D eigenvalue weighted by molar-refractivity contribution is 5.92. The van der Waals surface area contributed by atoms with Crippen molar-refractivity contribution in [3.8, 4) is 11.8 Å². The summed E-state index contributed by atoms with van der Waals surface area (Å²) in [5, 5.41) is 11.4. The van der Waals surface area contributed by atoms with Crippen molar-refractivity contribution in [3.05, 3.63) is 29.3 Å². The van der Waals surface area contributed by atoms with E-state index < -0.39 is 0 Å². The maximum absolute atomic E-state index is 11.6. The molecule has 0 spiro atoms. The minimum Gasteiger partial charge on any atom is -0.384 e. The monoisotopic (exact) mass is 261 g/mol. The fourth-order valence-electron chi connectivity index (χ4n) is 1.52. The Balaban J connectivity index is 2.62. The summed E-state index contributed by atoms with van der Waals surface area (Å²) in [6.07, 6.45) is 0.893. The lowest BCUT2D eigenvalue weighted by Crippen LogP contribution is -2.19. The molecule has 1 aromatic carbocycles. The van der Waals surface area contributed by atoms with Gasteiger partial charge >= 0.3 is 0 Å². The van der Waals surface area contributed by atoms with Gasteiger partial charge in [0.2, 0.25) is 5.91 Å². The van der Waals surface area contributed by atoms with Gasteiger partial charge in [-0.1, -0.05) is 18.8 Å². The van der Waals surface area contributed by atoms with Gasteiger partial charge in [0.25, 0.3) is 0 Å². The summed E-state index contributed by atoms with van der Waals surface area (Å²) in [6.45, 7) is 4.38. The lowest BCUT2D eigenvalue weighted by Gasteiger charge is -2.09. The van der Waals surface area contributed by atoms with Crippen LogP contribution in [0.4, 0.5) is 5.69 Å². The van der Waals surface area contributed by atoms with Crippen LogP contribution in [0.15, 0.2) is 18.2 Å². The minimum absolute atomic E-state index is 0.0688. The molecule has 0 heterocycles. The van der Waals surface area contributed by atoms with E-state index in [2.05, 4.69) is 17.2 Å². The van der Waals surface area contributed by atoms with Crippen molar-refractivity contribution in [1.29, 1.82) is 0 Å². The van der Waals surface area contributed by atoms with E-state index >= 15 is 0 Å². The highest BCUT2D eigenvalue weighted by Crippen LogP contribution is 2.15. The first kappa shape index (κ1) is 15.2. The van der Waals surface area contributed by atoms with Gasteiger partial charge in [-0.05, 0) is 37.1 Å². The third-order valence-corrected chi connectivity index (χ3v) is 2.39. The van der Waals surface area contributed by atoms with Crippen molar-refractivity contribution in [2.75, 3.05) is 25.1 Å². The summed E-state index contributed by atoms with van der Waals surface area (Å²) in [6, 6.07) is 5.47. The smallest absolute Gasteiger partial charge is 0.250 e. The number of benzene rings is 1. The number of hydrogen-bond donors (Lipinski definition) is 2. The highest BCUT2D eigenvalue weighted by Gasteiger charge is 2.05. The number of hydrogen-bond acceptors (Lipinski definition) is 3. The molecule has 102 valence electrons. The number of aliphatic hydroxyl groups excluding tert-OH is 1. The summed E-state index contributed by atoms with van der Waals surface area (Å²) in [5.74, 6) is 5.24. The zero-order valence-electron chi connectivity index (χ0n) is 11.3. The van der Waals surface area contributed by atoms with Crippen molar-refractivity contribution in [2.24, 2.45) is 0 Å². The van der Waals surface area contributed by atoms with E-state index in [0.717, 1.165) is 23.2 Å². The molecule has 0 saturated heterocycles. The van der Waals surface area contributed by atoms with Gasteiger partial charge in [0, 0.05) is 17.9 Å². The van der Waals surface area contributed by atoms with Crippen LogP contribution < -0.4 is 5.32 Å². The Hall–Kier alpha value is -1.83. The van der Waals surface area contributed by atoms with Gasteiger partial charge in [0.15, 0.2) is 0 Å². The largest absolute Gasteiger partial charge is 0.384 e. The number of ether oxygens (including phenoxy) is 1. The average Bonchev–Trinajstić information content (AvgIpc) is 2.39. The van der Waals surface area contributed by atoms with Crippen molar-refractivity contribution >= 4 is 11.6 Å². The molecule has 0 bridgehead atoms. The summed E-state index contributed by atoms with van der Waals surface area (Å²) in [7, 11) is 0. The molecule has 19 heavy (non-hydrogen) atoms. The molecule has 0 aliphatic heterocycles. The number of carbonyl (C=O) groups excluding carboxylic acids is 1. The first-order valence-corrected chi connectivity index (χ1v) is 6.25. The Morgan fingerprint density at radius 2 is 2.26 bits per heavy atom. The van der Waals surface area contributed by atoms with E-state index in [1.807, 2.05) is 19.9 Å². The van der Waals surface area contributed by atoms with E-state index in [1.54, 1.807) is 12.1 Å². The standard InChI is InChI=1S/C15H19NO3/c1-3-9-19-11-15(18)16-14-7-6-13(5-4-8-17)10-12(14)2/h6-7,10,17H,3,8-9,11H2,1-2H3,(H,16,18). The zero-order chi connectivity index (χ0) is 14.1. The molecule has 0 radical (unpaired) electrons. The van der Waals surface area contributed by atoms with Crippen LogP contribution in [0.5, 0.6) is 0 Å². The average molecular weight is 261 g/mol. The third-order valence-electron chi connectivity index (χ3n) is 2.39. The number of aliphatic hydroxyl groups is 1. The van der Waals surface area contributed by atoms with Gasteiger partial charge in [-0.2, -0.15) is 0 Å². The first-order chi connectivity index (χ1) is 9.17. The SMILES string of the molecule is CCCOCC(=O)Nc1ccc(C#CCO)cc1C. The summed E-state index contributed by atoms with van der Waals surface area (Å²) in [4.78, 5) is 11.6. The van der Waals surface area contributed by atoms with E-state index in [4.69, 9.17) is 9.84 Å². The van der Waals surface area contributed by atoms with Gasteiger partial charge in [0.05, 0.1) is 0 Å². The molecule has 0 atom stereocenters. The van der Waals surface area contributed by atoms with Crippen molar-refractivity contribution in [2.45, 2.75) is 20.3 Å². The van der Waals surface area contributed by atoms with Gasteiger partial charge in [-0.3, -0.25) is 4.79 Å². The molecule has 0 aliphatic carbocycles. The number of aryl methyl sites for hydroxylation is 1. The van der Waals surface area contributed by atoms with Crippen molar-refractivity contribution in [1.82, 2.24) is 0 Å². The van der Waals surface area contributed by atoms with Crippen LogP contribution in [0.3, 0.4) is 0 Å². The van der Waals surface area contributed by atoms with Crippen LogP contribution in [0.25, 0.3) is 0 Å². The molecule has 0 fully saturated rings. The quantitative estimate of drug-likeness (QED) is 0.626. The van der Waals surface area contributed by atoms with Crippen LogP contribution in [-0.2, 0) is 9.53 Å². The summed E-state index contributed by atoms with van der Waals surface area (Å²) >= 11 is 0. The van der Waals surface area contributed by atoms with E-state index in [9.17, 15) is 4.79 Å². The molecule has 0 aliphatic rings. The van der Waals surface area contributed by atoms with E-state index in [1.165, 1.54) is 0 Å². The summed E-state index contributed by atoms with van der Waals surface area (Å²) < 4.78 is 5.17. The Bertz CT molecular complexity index is 486. The number of rotatable bonds is 5. The second kappa shape index (κ2) is 8.30. The molecule has 1 amide bonds. The molecule has 4 nitrogen and oxygen atoms in total. The molecule has 0 saturated carbocycles. The Labute approximate surface area is 113 Å². The number of nitrogens with one attached hydrogen (secondary N) is 1. The number of carbonyl (C=O) groups is 1. The lowest BCUT2D eigenvalue weighted by atomic mass is 10.1. The number of amides is 1. The predicted octanol–water partition coefficient (Wildman–Crippen LogP) is 1.70. The molecule has 1 aromatic rings. The fraction of sp³-hybridized carbons (Fsp3) is 0.400. The normalized spacial score (nSPS) is 9.63. The second-order valence-corrected chi connectivity index (χ2v) is 4.09. The number of anilines is 1. The van der Waals surface area contributed by atoms with E-state index in [0.29, 0.717) is 6.61 Å². The van der Waals surface area contributed by atoms with E-state index in [-0.39, 0.29) is 19.1 Å². The van der Waals surface area contributed by atoms with Gasteiger partial charge in [-0.25, -0.2) is 0 Å². The maximum Gasteiger partial charge on any atom is 0.250 e. The minimum atomic E-state index is -0.161. The highest BCUT2D eigenvalue weighted by atomic mass is 16.5. The van der Waals surface area contributed by atoms with Crippen LogP contribution in [0.1, 0.15) is 24.5 Å².